The Morgan fingerprint density at radius 3 is 1.96 bits per heavy atom. The van der Waals surface area contributed by atoms with Crippen molar-refractivity contribution in [1.29, 1.82) is 0 Å². The van der Waals surface area contributed by atoms with Crippen LogP contribution >= 0.6 is 0 Å². The zero-order valence-electron chi connectivity index (χ0n) is 18.5. The summed E-state index contributed by atoms with van der Waals surface area (Å²) in [6.07, 6.45) is 10.7. The van der Waals surface area contributed by atoms with E-state index in [1.165, 1.54) is 25.7 Å². The van der Waals surface area contributed by atoms with Crippen molar-refractivity contribution < 1.29 is 9.94 Å². The van der Waals surface area contributed by atoms with Gasteiger partial charge in [0.15, 0.2) is 6.23 Å². The fourth-order valence-corrected chi connectivity index (χ4v) is 2.40. The van der Waals surface area contributed by atoms with Crippen LogP contribution < -0.4 is 5.48 Å². The van der Waals surface area contributed by atoms with Gasteiger partial charge in [0.2, 0.25) is 0 Å². The van der Waals surface area contributed by atoms with Crippen molar-refractivity contribution in [2.24, 2.45) is 16.8 Å². The fraction of sp³-hybridized carbons (Fsp3) is 0.682. The number of aliphatic hydroxyl groups excluding tert-OH is 1. The molecule has 0 aromatic heterocycles. The van der Waals surface area contributed by atoms with Crippen molar-refractivity contribution >= 4 is 5.84 Å². The van der Waals surface area contributed by atoms with Gasteiger partial charge in [-0.2, -0.15) is 0 Å². The largest absolute Gasteiger partial charge is 0.400 e. The fourth-order valence-electron chi connectivity index (χ4n) is 2.40. The van der Waals surface area contributed by atoms with E-state index in [4.69, 9.17) is 9.94 Å². The molecule has 0 amide bonds. The Balaban J connectivity index is -0.000000407. The molecule has 1 fully saturated rings. The third-order valence-electron chi connectivity index (χ3n) is 3.73. The summed E-state index contributed by atoms with van der Waals surface area (Å²) < 4.78 is 0. The first-order valence-electron chi connectivity index (χ1n) is 9.92. The van der Waals surface area contributed by atoms with Crippen LogP contribution in [0.4, 0.5) is 0 Å². The van der Waals surface area contributed by atoms with Crippen LogP contribution in [0.3, 0.4) is 0 Å². The number of nitrogens with one attached hydrogen (secondary N) is 1. The summed E-state index contributed by atoms with van der Waals surface area (Å²) >= 11 is 0. The number of amidine groups is 1. The number of aliphatic imine (C=N–C) groups is 1. The highest BCUT2D eigenvalue weighted by molar-refractivity contribution is 5.97. The predicted molar refractivity (Wildman–Crippen MR) is 117 cm³/mol. The molecule has 1 atom stereocenters. The highest BCUT2D eigenvalue weighted by atomic mass is 16.7. The van der Waals surface area contributed by atoms with Crippen LogP contribution in [0.1, 0.15) is 74.1 Å². The molecule has 26 heavy (non-hydrogen) atoms. The summed E-state index contributed by atoms with van der Waals surface area (Å²) in [5.41, 5.74) is 3.81. The molecule has 1 saturated carbocycles. The summed E-state index contributed by atoms with van der Waals surface area (Å²) in [6.45, 7) is 21.6. The molecule has 0 saturated heterocycles. The Morgan fingerprint density at radius 2 is 1.65 bits per heavy atom. The number of hydrogen-bond donors (Lipinski definition) is 2. The Kier molecular flexibility index (Phi) is 24.5. The molecule has 0 aromatic carbocycles. The monoisotopic (exact) mass is 368 g/mol. The van der Waals surface area contributed by atoms with Crippen molar-refractivity contribution in [3.63, 3.8) is 0 Å². The van der Waals surface area contributed by atoms with E-state index in [1.807, 2.05) is 53.7 Å². The molecule has 0 spiro atoms. The molecular formula is C22H44N2O2. The summed E-state index contributed by atoms with van der Waals surface area (Å²) in [7, 11) is 1.00. The molecule has 154 valence electrons. The van der Waals surface area contributed by atoms with Gasteiger partial charge in [0, 0.05) is 13.0 Å². The quantitative estimate of drug-likeness (QED) is 0.595. The second kappa shape index (κ2) is 21.7. The Hall–Kier alpha value is -1.39. The van der Waals surface area contributed by atoms with Crippen LogP contribution in [-0.4, -0.2) is 24.3 Å². The maximum atomic E-state index is 7.00. The van der Waals surface area contributed by atoms with Crippen LogP contribution in [-0.2, 0) is 4.84 Å². The van der Waals surface area contributed by atoms with Gasteiger partial charge in [-0.05, 0) is 38.2 Å². The highest BCUT2D eigenvalue weighted by Gasteiger charge is 2.30. The molecule has 1 aliphatic heterocycles. The average Bonchev–Trinajstić information content (AvgIpc) is 3.19. The smallest absolute Gasteiger partial charge is 0.180 e. The SMILES string of the molecule is C=C(C)C1=NC(C2CCC(C)CC2)ON1.C=C/C=C\C.CC.CC.CO. The number of allylic oxidation sites excluding steroid dienone is 3. The molecule has 4 heteroatoms. The summed E-state index contributed by atoms with van der Waals surface area (Å²) in [5, 5.41) is 7.00. The first kappa shape index (κ1) is 29.4. The lowest BCUT2D eigenvalue weighted by Gasteiger charge is -2.27. The van der Waals surface area contributed by atoms with Crippen LogP contribution in [0, 0.1) is 11.8 Å². The Labute approximate surface area is 163 Å². The molecular weight excluding hydrogens is 324 g/mol. The molecule has 4 nitrogen and oxygen atoms in total. The summed E-state index contributed by atoms with van der Waals surface area (Å²) in [5.74, 6) is 2.28. The topological polar surface area (TPSA) is 53.8 Å². The molecule has 1 aliphatic carbocycles. The zero-order chi connectivity index (χ0) is 21.0. The lowest BCUT2D eigenvalue weighted by molar-refractivity contribution is -0.0127. The molecule has 1 unspecified atom stereocenters. The first-order chi connectivity index (χ1) is 12.6. The van der Waals surface area contributed by atoms with E-state index in [1.54, 1.807) is 6.08 Å². The van der Waals surface area contributed by atoms with E-state index in [0.717, 1.165) is 24.4 Å². The van der Waals surface area contributed by atoms with Crippen molar-refractivity contribution in [2.45, 2.75) is 80.4 Å². The minimum absolute atomic E-state index is 0.0178. The third-order valence-corrected chi connectivity index (χ3v) is 3.73. The standard InChI is InChI=1S/C12H20N2O.C5H8.2C2H6.CH4O/c1-8(2)11-13-12(15-14-11)10-6-4-9(3)5-7-10;1-3-5-4-2;3*1-2/h9-10,12H,1,4-7H2,2-3H3,(H,13,14);3-5H,1H2,2H3;2*1-2H3;2H,1H3/b;5-4-;;;. The van der Waals surface area contributed by atoms with E-state index < -0.39 is 0 Å². The second-order valence-electron chi connectivity index (χ2n) is 5.65. The van der Waals surface area contributed by atoms with Crippen molar-refractivity contribution in [1.82, 2.24) is 5.48 Å². The van der Waals surface area contributed by atoms with Crippen molar-refractivity contribution in [2.75, 3.05) is 7.11 Å². The third kappa shape index (κ3) is 13.9. The normalized spacial score (nSPS) is 23.1. The molecule has 2 rings (SSSR count). The number of aliphatic hydroxyl groups is 1. The van der Waals surface area contributed by atoms with Gasteiger partial charge < -0.3 is 5.11 Å². The van der Waals surface area contributed by atoms with E-state index in [0.29, 0.717) is 5.92 Å². The highest BCUT2D eigenvalue weighted by Crippen LogP contribution is 2.32. The number of hydrogen-bond acceptors (Lipinski definition) is 4. The van der Waals surface area contributed by atoms with Gasteiger partial charge in [-0.25, -0.2) is 15.3 Å². The number of hydroxylamine groups is 1. The van der Waals surface area contributed by atoms with E-state index >= 15 is 0 Å². The van der Waals surface area contributed by atoms with Crippen LogP contribution in [0.15, 0.2) is 42.0 Å². The van der Waals surface area contributed by atoms with Gasteiger partial charge in [0.1, 0.15) is 5.84 Å². The molecule has 0 bridgehead atoms. The maximum Gasteiger partial charge on any atom is 0.180 e. The van der Waals surface area contributed by atoms with Gasteiger partial charge in [0.05, 0.1) is 0 Å². The minimum Gasteiger partial charge on any atom is -0.400 e. The molecule has 2 N–H and O–H groups in total. The Morgan fingerprint density at radius 1 is 1.15 bits per heavy atom. The lowest BCUT2D eigenvalue weighted by Crippen LogP contribution is -2.26. The summed E-state index contributed by atoms with van der Waals surface area (Å²) in [6, 6.07) is 0. The van der Waals surface area contributed by atoms with Crippen LogP contribution in [0.25, 0.3) is 0 Å². The van der Waals surface area contributed by atoms with Crippen LogP contribution in [0.2, 0.25) is 0 Å². The van der Waals surface area contributed by atoms with Gasteiger partial charge >= 0.3 is 0 Å². The summed E-state index contributed by atoms with van der Waals surface area (Å²) in [4.78, 5) is 10.0. The lowest BCUT2D eigenvalue weighted by atomic mass is 9.82. The number of rotatable bonds is 3. The van der Waals surface area contributed by atoms with E-state index in [2.05, 4.69) is 30.6 Å². The molecule has 0 aromatic rings. The minimum atomic E-state index is 0.0178. The molecule has 2 aliphatic rings. The zero-order valence-corrected chi connectivity index (χ0v) is 18.5. The van der Waals surface area contributed by atoms with E-state index in [9.17, 15) is 0 Å². The van der Waals surface area contributed by atoms with Gasteiger partial charge in [-0.1, -0.05) is 78.8 Å². The first-order valence-corrected chi connectivity index (χ1v) is 9.92. The van der Waals surface area contributed by atoms with Gasteiger partial charge in [0.25, 0.3) is 0 Å². The molecule has 1 heterocycles. The number of nitrogens with zero attached hydrogens (tertiary/aromatic N) is 1. The predicted octanol–water partition coefficient (Wildman–Crippen LogP) is 6.06. The maximum absolute atomic E-state index is 7.00. The Bertz CT molecular complexity index is 382. The van der Waals surface area contributed by atoms with E-state index in [-0.39, 0.29) is 6.23 Å². The van der Waals surface area contributed by atoms with Gasteiger partial charge in [-0.15, -0.1) is 0 Å². The van der Waals surface area contributed by atoms with Gasteiger partial charge in [-0.3, -0.25) is 0 Å². The van der Waals surface area contributed by atoms with Crippen molar-refractivity contribution in [3.8, 4) is 0 Å². The van der Waals surface area contributed by atoms with Crippen LogP contribution in [0.5, 0.6) is 0 Å². The second-order valence-corrected chi connectivity index (χ2v) is 5.65. The molecule has 0 radical (unpaired) electrons. The average molecular weight is 369 g/mol. The van der Waals surface area contributed by atoms with Crippen molar-refractivity contribution in [3.05, 3.63) is 37.0 Å².